The standard InChI is InChI=1S/C7H13IO/c1-2-3-4-5-7(9)6-8/h2,7,9H,1,3-6H2/t7-/m1/s1. The summed E-state index contributed by atoms with van der Waals surface area (Å²) in [7, 11) is 0. The van der Waals surface area contributed by atoms with Gasteiger partial charge in [-0.2, -0.15) is 0 Å². The van der Waals surface area contributed by atoms with Gasteiger partial charge in [0.25, 0.3) is 0 Å². The molecule has 2 heteroatoms. The molecule has 1 nitrogen and oxygen atoms in total. The lowest BCUT2D eigenvalue weighted by Crippen LogP contribution is -2.06. The van der Waals surface area contributed by atoms with Crippen molar-refractivity contribution in [1.82, 2.24) is 0 Å². The molecule has 9 heavy (non-hydrogen) atoms. The van der Waals surface area contributed by atoms with E-state index < -0.39 is 0 Å². The second kappa shape index (κ2) is 6.55. The molecule has 1 N–H and O–H groups in total. The minimum absolute atomic E-state index is 0.106. The lowest BCUT2D eigenvalue weighted by atomic mass is 10.2. The van der Waals surface area contributed by atoms with Crippen LogP contribution < -0.4 is 0 Å². The molecule has 0 heterocycles. The van der Waals surface area contributed by atoms with Crippen LogP contribution in [0.5, 0.6) is 0 Å². The van der Waals surface area contributed by atoms with Crippen molar-refractivity contribution in [2.75, 3.05) is 4.43 Å². The second-order valence-corrected chi connectivity index (χ2v) is 2.91. The van der Waals surface area contributed by atoms with Gasteiger partial charge in [-0.05, 0) is 19.3 Å². The average Bonchev–Trinajstić information content (AvgIpc) is 1.89. The minimum atomic E-state index is -0.106. The predicted molar refractivity (Wildman–Crippen MR) is 48.9 cm³/mol. The minimum Gasteiger partial charge on any atom is -0.392 e. The molecule has 0 rings (SSSR count). The lowest BCUT2D eigenvalue weighted by molar-refractivity contribution is 0.189. The van der Waals surface area contributed by atoms with Crippen LogP contribution in [0.4, 0.5) is 0 Å². The Morgan fingerprint density at radius 2 is 2.33 bits per heavy atom. The van der Waals surface area contributed by atoms with Gasteiger partial charge in [-0.3, -0.25) is 0 Å². The first kappa shape index (κ1) is 9.43. The third kappa shape index (κ3) is 6.31. The highest BCUT2D eigenvalue weighted by molar-refractivity contribution is 14.1. The van der Waals surface area contributed by atoms with Crippen LogP contribution >= 0.6 is 22.6 Å². The number of allylic oxidation sites excluding steroid dienone is 1. The van der Waals surface area contributed by atoms with Gasteiger partial charge in [-0.15, -0.1) is 6.58 Å². The van der Waals surface area contributed by atoms with Crippen molar-refractivity contribution in [3.8, 4) is 0 Å². The summed E-state index contributed by atoms with van der Waals surface area (Å²) in [6.45, 7) is 3.60. The third-order valence-corrected chi connectivity index (χ3v) is 2.14. The van der Waals surface area contributed by atoms with E-state index in [4.69, 9.17) is 5.11 Å². The molecule has 1 atom stereocenters. The van der Waals surface area contributed by atoms with Crippen molar-refractivity contribution in [1.29, 1.82) is 0 Å². The molecule has 0 radical (unpaired) electrons. The zero-order valence-electron chi connectivity index (χ0n) is 5.52. The Morgan fingerprint density at radius 3 is 2.78 bits per heavy atom. The number of hydrogen-bond donors (Lipinski definition) is 1. The van der Waals surface area contributed by atoms with E-state index in [2.05, 4.69) is 29.2 Å². The molecule has 0 spiro atoms. The van der Waals surface area contributed by atoms with Crippen molar-refractivity contribution < 1.29 is 5.11 Å². The molecule has 0 unspecified atom stereocenters. The fourth-order valence-corrected chi connectivity index (χ4v) is 1.02. The van der Waals surface area contributed by atoms with E-state index in [-0.39, 0.29) is 6.10 Å². The molecule has 0 aromatic carbocycles. The fourth-order valence-electron chi connectivity index (χ4n) is 0.575. The summed E-state index contributed by atoms with van der Waals surface area (Å²) in [4.78, 5) is 0. The molecule has 0 amide bonds. The van der Waals surface area contributed by atoms with Crippen LogP contribution in [0.1, 0.15) is 19.3 Å². The zero-order chi connectivity index (χ0) is 7.11. The van der Waals surface area contributed by atoms with E-state index >= 15 is 0 Å². The first-order chi connectivity index (χ1) is 4.31. The van der Waals surface area contributed by atoms with E-state index in [1.54, 1.807) is 0 Å². The monoisotopic (exact) mass is 240 g/mol. The van der Waals surface area contributed by atoms with Crippen LogP contribution in [0.15, 0.2) is 12.7 Å². The van der Waals surface area contributed by atoms with Gasteiger partial charge in [0.15, 0.2) is 0 Å². The normalized spacial score (nSPS) is 13.1. The molecule has 0 aliphatic heterocycles. The summed E-state index contributed by atoms with van der Waals surface area (Å²) in [5.41, 5.74) is 0. The summed E-state index contributed by atoms with van der Waals surface area (Å²) in [6, 6.07) is 0. The van der Waals surface area contributed by atoms with Crippen LogP contribution in [0.3, 0.4) is 0 Å². The molecule has 54 valence electrons. The maximum atomic E-state index is 9.04. The zero-order valence-corrected chi connectivity index (χ0v) is 7.67. The van der Waals surface area contributed by atoms with Gasteiger partial charge in [-0.25, -0.2) is 0 Å². The van der Waals surface area contributed by atoms with E-state index in [1.807, 2.05) is 6.08 Å². The molecule has 0 bridgehead atoms. The molecular weight excluding hydrogens is 227 g/mol. The smallest absolute Gasteiger partial charge is 0.0629 e. The number of aliphatic hydroxyl groups excluding tert-OH is 1. The van der Waals surface area contributed by atoms with E-state index in [1.165, 1.54) is 0 Å². The summed E-state index contributed by atoms with van der Waals surface area (Å²) < 4.78 is 0.842. The Hall–Kier alpha value is 0.430. The van der Waals surface area contributed by atoms with E-state index in [0.29, 0.717) is 0 Å². The van der Waals surface area contributed by atoms with E-state index in [0.717, 1.165) is 23.7 Å². The Balaban J connectivity index is 2.96. The molecule has 0 aliphatic rings. The Kier molecular flexibility index (Phi) is 6.86. The first-order valence-electron chi connectivity index (χ1n) is 3.16. The fraction of sp³-hybridized carbons (Fsp3) is 0.714. The molecule has 0 fully saturated rings. The third-order valence-electron chi connectivity index (χ3n) is 1.12. The van der Waals surface area contributed by atoms with E-state index in [9.17, 15) is 0 Å². The predicted octanol–water partition coefficient (Wildman–Crippen LogP) is 2.14. The highest BCUT2D eigenvalue weighted by atomic mass is 127. The maximum Gasteiger partial charge on any atom is 0.0629 e. The second-order valence-electron chi connectivity index (χ2n) is 2.03. The number of hydrogen-bond acceptors (Lipinski definition) is 1. The Labute approximate surface area is 70.3 Å². The van der Waals surface area contributed by atoms with Crippen LogP contribution in [-0.2, 0) is 0 Å². The van der Waals surface area contributed by atoms with Gasteiger partial charge in [0.1, 0.15) is 0 Å². The summed E-state index contributed by atoms with van der Waals surface area (Å²) >= 11 is 2.19. The van der Waals surface area contributed by atoms with Crippen molar-refractivity contribution in [2.24, 2.45) is 0 Å². The highest BCUT2D eigenvalue weighted by Gasteiger charge is 1.98. The molecule has 0 aromatic rings. The summed E-state index contributed by atoms with van der Waals surface area (Å²) in [5.74, 6) is 0. The van der Waals surface area contributed by atoms with Crippen LogP contribution in [0.2, 0.25) is 0 Å². The first-order valence-corrected chi connectivity index (χ1v) is 4.68. The Bertz CT molecular complexity index is 73.3. The molecule has 0 aromatic heterocycles. The lowest BCUT2D eigenvalue weighted by Gasteiger charge is -2.03. The van der Waals surface area contributed by atoms with Crippen molar-refractivity contribution in [3.05, 3.63) is 12.7 Å². The van der Waals surface area contributed by atoms with Crippen LogP contribution in [-0.4, -0.2) is 15.6 Å². The number of halogens is 1. The number of alkyl halides is 1. The number of rotatable bonds is 5. The van der Waals surface area contributed by atoms with Crippen LogP contribution in [0, 0.1) is 0 Å². The topological polar surface area (TPSA) is 20.2 Å². The van der Waals surface area contributed by atoms with Crippen LogP contribution in [0.25, 0.3) is 0 Å². The number of aliphatic hydroxyl groups is 1. The van der Waals surface area contributed by atoms with Gasteiger partial charge in [0.2, 0.25) is 0 Å². The molecular formula is C7H13IO. The average molecular weight is 240 g/mol. The van der Waals surface area contributed by atoms with Gasteiger partial charge >= 0.3 is 0 Å². The van der Waals surface area contributed by atoms with Gasteiger partial charge in [0.05, 0.1) is 6.10 Å². The number of unbranched alkanes of at least 4 members (excludes halogenated alkanes) is 1. The van der Waals surface area contributed by atoms with Crippen molar-refractivity contribution in [3.63, 3.8) is 0 Å². The quantitative estimate of drug-likeness (QED) is 0.338. The van der Waals surface area contributed by atoms with Gasteiger partial charge < -0.3 is 5.11 Å². The molecule has 0 aliphatic carbocycles. The van der Waals surface area contributed by atoms with Gasteiger partial charge in [-0.1, -0.05) is 28.7 Å². The molecule has 0 saturated carbocycles. The largest absolute Gasteiger partial charge is 0.392 e. The summed E-state index contributed by atoms with van der Waals surface area (Å²) in [6.07, 6.45) is 4.78. The SMILES string of the molecule is C=CCCC[C@@H](O)CI. The van der Waals surface area contributed by atoms with Crippen molar-refractivity contribution in [2.45, 2.75) is 25.4 Å². The summed E-state index contributed by atoms with van der Waals surface area (Å²) in [5, 5.41) is 9.04. The maximum absolute atomic E-state index is 9.04. The van der Waals surface area contributed by atoms with Gasteiger partial charge in [0, 0.05) is 4.43 Å². The Morgan fingerprint density at radius 1 is 1.67 bits per heavy atom. The molecule has 0 saturated heterocycles. The highest BCUT2D eigenvalue weighted by Crippen LogP contribution is 2.03. The van der Waals surface area contributed by atoms with Crippen molar-refractivity contribution >= 4 is 22.6 Å².